The highest BCUT2D eigenvalue weighted by molar-refractivity contribution is 6.26. The summed E-state index contributed by atoms with van der Waals surface area (Å²) in [4.78, 5) is 16.8. The number of dihydropyridines is 1. The normalized spacial score (nSPS) is 16.6. The van der Waals surface area contributed by atoms with Crippen molar-refractivity contribution in [2.24, 2.45) is 17.1 Å². The zero-order chi connectivity index (χ0) is 20.9. The van der Waals surface area contributed by atoms with Crippen LogP contribution in [0.4, 0.5) is 5.69 Å². The van der Waals surface area contributed by atoms with Crippen molar-refractivity contribution in [1.82, 2.24) is 9.78 Å². The first-order valence-electron chi connectivity index (χ1n) is 9.96. The largest absolute Gasteiger partial charge is 0.298 e. The van der Waals surface area contributed by atoms with E-state index in [0.29, 0.717) is 17.0 Å². The van der Waals surface area contributed by atoms with Crippen molar-refractivity contribution in [1.29, 1.82) is 0 Å². The number of allylic oxidation sites excluding steroid dienone is 3. The molecular formula is C24H23N5O. The lowest BCUT2D eigenvalue weighted by molar-refractivity contribution is -0.103. The van der Waals surface area contributed by atoms with Crippen molar-refractivity contribution in [2.45, 2.75) is 19.8 Å². The molecule has 2 heterocycles. The summed E-state index contributed by atoms with van der Waals surface area (Å²) in [6.45, 7) is 2.11. The maximum atomic E-state index is 12.0. The van der Waals surface area contributed by atoms with Gasteiger partial charge in [0.2, 0.25) is 0 Å². The van der Waals surface area contributed by atoms with Crippen LogP contribution in [0.3, 0.4) is 0 Å². The van der Waals surface area contributed by atoms with Gasteiger partial charge in [-0.05, 0) is 42.3 Å². The summed E-state index contributed by atoms with van der Waals surface area (Å²) in [7, 11) is 1.90. The van der Waals surface area contributed by atoms with Crippen molar-refractivity contribution < 1.29 is 4.79 Å². The fourth-order valence-electron chi connectivity index (χ4n) is 3.40. The fourth-order valence-corrected chi connectivity index (χ4v) is 3.40. The Hall–Kier alpha value is -3.80. The van der Waals surface area contributed by atoms with Crippen molar-refractivity contribution in [2.75, 3.05) is 5.43 Å². The molecule has 1 N–H and O–H groups in total. The Balaban J connectivity index is 1.73. The van der Waals surface area contributed by atoms with Gasteiger partial charge in [0.15, 0.2) is 6.29 Å². The van der Waals surface area contributed by atoms with E-state index in [1.54, 1.807) is 4.68 Å². The van der Waals surface area contributed by atoms with E-state index in [1.807, 2.05) is 73.9 Å². The molecule has 0 atom stereocenters. The second-order valence-electron chi connectivity index (χ2n) is 7.12. The van der Waals surface area contributed by atoms with Gasteiger partial charge in [-0.3, -0.25) is 19.9 Å². The van der Waals surface area contributed by atoms with E-state index in [4.69, 9.17) is 4.99 Å². The van der Waals surface area contributed by atoms with Crippen molar-refractivity contribution >= 4 is 39.9 Å². The molecule has 0 fully saturated rings. The Morgan fingerprint density at radius 3 is 2.77 bits per heavy atom. The van der Waals surface area contributed by atoms with Crippen LogP contribution in [-0.2, 0) is 11.8 Å². The minimum atomic E-state index is 0.525. The van der Waals surface area contributed by atoms with Gasteiger partial charge in [0.1, 0.15) is 11.4 Å². The number of nitrogens with one attached hydrogen (secondary N) is 1. The summed E-state index contributed by atoms with van der Waals surface area (Å²) >= 11 is 0. The summed E-state index contributed by atoms with van der Waals surface area (Å²) in [5, 5.41) is 9.98. The third kappa shape index (κ3) is 4.12. The number of carbonyl (C=O) groups excluding carboxylic acids is 1. The number of nitrogens with zero attached hydrogens (tertiary/aromatic N) is 4. The Morgan fingerprint density at radius 2 is 2.00 bits per heavy atom. The molecule has 1 aliphatic heterocycles. The third-order valence-electron chi connectivity index (χ3n) is 4.82. The molecule has 3 aromatic rings. The maximum Gasteiger partial charge on any atom is 0.152 e. The molecule has 6 heteroatoms. The minimum absolute atomic E-state index is 0.525. The van der Waals surface area contributed by atoms with E-state index in [-0.39, 0.29) is 0 Å². The van der Waals surface area contributed by atoms with Crippen molar-refractivity contribution in [3.05, 3.63) is 78.1 Å². The molecule has 4 rings (SSSR count). The molecule has 1 aromatic heterocycles. The Morgan fingerprint density at radius 1 is 1.17 bits per heavy atom. The topological polar surface area (TPSA) is 71.6 Å². The summed E-state index contributed by atoms with van der Waals surface area (Å²) in [5.74, 6) is 0. The summed E-state index contributed by atoms with van der Waals surface area (Å²) in [6.07, 6.45) is 8.52. The molecule has 0 spiro atoms. The predicted molar refractivity (Wildman–Crippen MR) is 123 cm³/mol. The van der Waals surface area contributed by atoms with Gasteiger partial charge in [0.25, 0.3) is 0 Å². The smallest absolute Gasteiger partial charge is 0.152 e. The Bertz CT molecular complexity index is 1200. The summed E-state index contributed by atoms with van der Waals surface area (Å²) in [5.41, 5.74) is 8.36. The number of rotatable bonds is 6. The Kier molecular flexibility index (Phi) is 5.66. The number of aromatic nitrogens is 2. The number of carbonyl (C=O) groups is 1. The lowest BCUT2D eigenvalue weighted by Crippen LogP contribution is -2.12. The first kappa shape index (κ1) is 19.5. The highest BCUT2D eigenvalue weighted by Gasteiger charge is 2.17. The number of anilines is 1. The van der Waals surface area contributed by atoms with E-state index in [1.165, 1.54) is 0 Å². The molecule has 0 saturated heterocycles. The highest BCUT2D eigenvalue weighted by atomic mass is 16.1. The lowest BCUT2D eigenvalue weighted by atomic mass is 10.00. The van der Waals surface area contributed by atoms with Gasteiger partial charge < -0.3 is 0 Å². The second-order valence-corrected chi connectivity index (χ2v) is 7.12. The molecule has 1 aliphatic rings. The molecule has 0 aliphatic carbocycles. The number of fused-ring (bicyclic) bond motifs is 1. The first-order chi connectivity index (χ1) is 14.7. The number of aryl methyl sites for hydroxylation is 1. The number of hydrogen-bond donors (Lipinski definition) is 1. The predicted octanol–water partition coefficient (Wildman–Crippen LogP) is 4.76. The highest BCUT2D eigenvalue weighted by Crippen LogP contribution is 2.24. The number of hydrogen-bond acceptors (Lipinski definition) is 5. The molecule has 0 bridgehead atoms. The average Bonchev–Trinajstić information content (AvgIpc) is 3.14. The van der Waals surface area contributed by atoms with Crippen LogP contribution >= 0.6 is 0 Å². The molecule has 30 heavy (non-hydrogen) atoms. The van der Waals surface area contributed by atoms with E-state index in [2.05, 4.69) is 22.5 Å². The summed E-state index contributed by atoms with van der Waals surface area (Å²) in [6, 6.07) is 15.4. The monoisotopic (exact) mass is 397 g/mol. The first-order valence-corrected chi connectivity index (χ1v) is 9.96. The molecule has 0 saturated carbocycles. The van der Waals surface area contributed by atoms with Crippen LogP contribution in [0.1, 0.15) is 25.3 Å². The third-order valence-corrected chi connectivity index (χ3v) is 4.82. The maximum absolute atomic E-state index is 12.0. The van der Waals surface area contributed by atoms with Gasteiger partial charge >= 0.3 is 0 Å². The molecule has 150 valence electrons. The van der Waals surface area contributed by atoms with Gasteiger partial charge in [0.05, 0.1) is 11.2 Å². The van der Waals surface area contributed by atoms with Crippen LogP contribution in [0.25, 0.3) is 16.5 Å². The van der Waals surface area contributed by atoms with Crippen LogP contribution in [0.2, 0.25) is 0 Å². The van der Waals surface area contributed by atoms with E-state index in [9.17, 15) is 4.79 Å². The number of benzene rings is 2. The van der Waals surface area contributed by atoms with Gasteiger partial charge in [-0.25, -0.2) is 0 Å². The molecule has 0 amide bonds. The quantitative estimate of drug-likeness (QED) is 0.370. The zero-order valence-corrected chi connectivity index (χ0v) is 17.0. The molecule has 2 aromatic carbocycles. The molecule has 0 radical (unpaired) electrons. The van der Waals surface area contributed by atoms with Gasteiger partial charge in [-0.2, -0.15) is 10.2 Å². The molecule has 6 nitrogen and oxygen atoms in total. The van der Waals surface area contributed by atoms with E-state index < -0.39 is 0 Å². The second kappa shape index (κ2) is 8.69. The van der Waals surface area contributed by atoms with Gasteiger partial charge in [0, 0.05) is 29.9 Å². The van der Waals surface area contributed by atoms with Crippen LogP contribution in [0.15, 0.2) is 82.7 Å². The average molecular weight is 397 g/mol. The van der Waals surface area contributed by atoms with Crippen LogP contribution in [0.5, 0.6) is 0 Å². The van der Waals surface area contributed by atoms with Crippen LogP contribution in [-0.4, -0.2) is 27.5 Å². The number of hydrazone groups is 1. The van der Waals surface area contributed by atoms with Gasteiger partial charge in [-0.1, -0.05) is 43.7 Å². The number of aldehydes is 1. The van der Waals surface area contributed by atoms with Gasteiger partial charge in [-0.15, -0.1) is 0 Å². The number of aliphatic imine (C=N–C) groups is 1. The summed E-state index contributed by atoms with van der Waals surface area (Å²) < 4.78 is 1.78. The van der Waals surface area contributed by atoms with E-state index in [0.717, 1.165) is 47.0 Å². The zero-order valence-electron chi connectivity index (χ0n) is 17.0. The van der Waals surface area contributed by atoms with Crippen molar-refractivity contribution in [3.63, 3.8) is 0 Å². The van der Waals surface area contributed by atoms with Crippen LogP contribution < -0.4 is 5.43 Å². The standard InChI is InChI=1S/C24H23N5O/c1-3-7-19-10-13-23(24(25-19)21(16-30)17-8-5-4-6-9-17)27-26-20-11-12-22-18(14-20)15-29(2)28-22/h4-6,8-16,26H,3,7H2,1-2H3/b24-21-,27-23-. The lowest BCUT2D eigenvalue weighted by Gasteiger charge is -2.14. The molecular weight excluding hydrogens is 374 g/mol. The fraction of sp³-hybridized carbons (Fsp3) is 0.167. The molecule has 0 unspecified atom stereocenters. The van der Waals surface area contributed by atoms with E-state index >= 15 is 0 Å². The van der Waals surface area contributed by atoms with Crippen molar-refractivity contribution in [3.8, 4) is 0 Å². The SMILES string of the molecule is CCCC1=NC(=C(/C=O)c2ccccc2)/C(=N\Nc2ccc3nn(C)cc3c2)C=C1. The minimum Gasteiger partial charge on any atom is -0.298 e. The Labute approximate surface area is 175 Å². The van der Waals surface area contributed by atoms with Crippen LogP contribution in [0, 0.1) is 0 Å².